The highest BCUT2D eigenvalue weighted by Crippen LogP contribution is 2.36. The van der Waals surface area contributed by atoms with E-state index < -0.39 is 10.7 Å². The normalized spacial score (nSPS) is 15.6. The van der Waals surface area contributed by atoms with Crippen LogP contribution in [0.1, 0.15) is 38.8 Å². The van der Waals surface area contributed by atoms with Crippen molar-refractivity contribution in [3.05, 3.63) is 59.4 Å². The van der Waals surface area contributed by atoms with Crippen LogP contribution < -0.4 is 5.32 Å². The number of fused-ring (bicyclic) bond motifs is 1. The molecule has 0 heterocycles. The van der Waals surface area contributed by atoms with Gasteiger partial charge in [0.1, 0.15) is 10.6 Å². The first-order valence-electron chi connectivity index (χ1n) is 10.4. The third kappa shape index (κ3) is 5.79. The lowest BCUT2D eigenvalue weighted by molar-refractivity contribution is -0.138. The third-order valence-corrected chi connectivity index (χ3v) is 6.51. The molecule has 2 aromatic carbocycles. The fourth-order valence-electron chi connectivity index (χ4n) is 3.71. The van der Waals surface area contributed by atoms with Crippen molar-refractivity contribution in [2.45, 2.75) is 56.2 Å². The van der Waals surface area contributed by atoms with Crippen LogP contribution >= 0.6 is 11.8 Å². The Morgan fingerprint density at radius 1 is 1.16 bits per heavy atom. The quantitative estimate of drug-likeness (QED) is 0.558. The fourth-order valence-corrected chi connectivity index (χ4v) is 4.73. The minimum Gasteiger partial charge on any atom is -0.480 e. The number of carbonyl (C=O) groups excluding carboxylic acids is 1. The number of urea groups is 1. The highest BCUT2D eigenvalue weighted by atomic mass is 32.2. The average molecular weight is 445 g/mol. The second-order valence-electron chi connectivity index (χ2n) is 8.89. The molecular weight excluding hydrogens is 415 g/mol. The molecule has 3 rings (SSSR count). The Morgan fingerprint density at radius 2 is 1.81 bits per heavy atom. The van der Waals surface area contributed by atoms with Crippen molar-refractivity contribution < 1.29 is 19.1 Å². The number of nitrogens with zero attached hydrogens (tertiary/aromatic N) is 1. The number of carbonyl (C=O) groups is 2. The van der Waals surface area contributed by atoms with Gasteiger partial charge in [0.2, 0.25) is 0 Å². The van der Waals surface area contributed by atoms with E-state index in [4.69, 9.17) is 0 Å². The van der Waals surface area contributed by atoms with Crippen molar-refractivity contribution in [2.75, 3.05) is 11.9 Å². The van der Waals surface area contributed by atoms with E-state index in [9.17, 15) is 19.1 Å². The van der Waals surface area contributed by atoms with E-state index in [0.29, 0.717) is 18.2 Å². The molecule has 0 bridgehead atoms. The van der Waals surface area contributed by atoms with Gasteiger partial charge in [-0.2, -0.15) is 0 Å². The SMILES string of the molecule is CC(C)CN(C(=O)Nc1ccc(F)cc1)C1Cc2ccc(SC(C)(C)C(=O)O)cc2C1. The number of carboxylic acid groups (broad SMARTS) is 1. The van der Waals surface area contributed by atoms with Crippen LogP contribution in [0.15, 0.2) is 47.4 Å². The van der Waals surface area contributed by atoms with Crippen molar-refractivity contribution in [1.29, 1.82) is 0 Å². The summed E-state index contributed by atoms with van der Waals surface area (Å²) < 4.78 is 12.3. The molecule has 1 aliphatic rings. The smallest absolute Gasteiger partial charge is 0.322 e. The standard InChI is InChI=1S/C24H29FN2O3S/c1-15(2)14-27(23(30)26-19-8-6-18(25)7-9-19)20-11-16-5-10-21(13-17(16)12-20)31-24(3,4)22(28)29/h5-10,13,15,20H,11-12,14H2,1-4H3,(H,26,30)(H,28,29). The first-order valence-corrected chi connectivity index (χ1v) is 11.2. The Labute approximate surface area is 187 Å². The first-order chi connectivity index (χ1) is 14.5. The maximum atomic E-state index is 13.2. The molecule has 0 saturated carbocycles. The monoisotopic (exact) mass is 444 g/mol. The molecule has 5 nitrogen and oxygen atoms in total. The lowest BCUT2D eigenvalue weighted by Crippen LogP contribution is -2.45. The number of aliphatic carboxylic acids is 1. The van der Waals surface area contributed by atoms with E-state index in [1.165, 1.54) is 29.5 Å². The predicted molar refractivity (Wildman–Crippen MR) is 122 cm³/mol. The van der Waals surface area contributed by atoms with Gasteiger partial charge in [0.15, 0.2) is 0 Å². The number of carboxylic acids is 1. The van der Waals surface area contributed by atoms with Crippen LogP contribution in [-0.4, -0.2) is 39.3 Å². The summed E-state index contributed by atoms with van der Waals surface area (Å²) in [6.45, 7) is 8.14. The number of anilines is 1. The molecule has 2 amide bonds. The van der Waals surface area contributed by atoms with Crippen LogP contribution in [0.3, 0.4) is 0 Å². The van der Waals surface area contributed by atoms with E-state index in [1.54, 1.807) is 26.0 Å². The molecule has 1 aliphatic carbocycles. The van der Waals surface area contributed by atoms with Crippen LogP contribution in [0.25, 0.3) is 0 Å². The van der Waals surface area contributed by atoms with Gasteiger partial charge >= 0.3 is 12.0 Å². The molecule has 2 N–H and O–H groups in total. The summed E-state index contributed by atoms with van der Waals surface area (Å²) in [5.74, 6) is -0.898. The number of halogens is 1. The average Bonchev–Trinajstić information content (AvgIpc) is 3.10. The molecule has 1 atom stereocenters. The van der Waals surface area contributed by atoms with E-state index >= 15 is 0 Å². The second kappa shape index (κ2) is 9.30. The van der Waals surface area contributed by atoms with Crippen LogP contribution in [-0.2, 0) is 17.6 Å². The summed E-state index contributed by atoms with van der Waals surface area (Å²) in [6.07, 6.45) is 1.48. The van der Waals surface area contributed by atoms with Gasteiger partial charge in [0.05, 0.1) is 0 Å². The number of thioether (sulfide) groups is 1. The Balaban J connectivity index is 1.75. The molecule has 7 heteroatoms. The maximum absolute atomic E-state index is 13.2. The zero-order chi connectivity index (χ0) is 22.8. The van der Waals surface area contributed by atoms with Crippen molar-refractivity contribution in [2.24, 2.45) is 5.92 Å². The number of rotatable bonds is 7. The minimum atomic E-state index is -0.912. The molecule has 166 valence electrons. The van der Waals surface area contributed by atoms with Crippen LogP contribution in [0, 0.1) is 11.7 Å². The lowest BCUT2D eigenvalue weighted by atomic mass is 10.1. The Morgan fingerprint density at radius 3 is 2.42 bits per heavy atom. The Bertz CT molecular complexity index is 960. The number of hydrogen-bond acceptors (Lipinski definition) is 3. The topological polar surface area (TPSA) is 69.6 Å². The fraction of sp³-hybridized carbons (Fsp3) is 0.417. The van der Waals surface area contributed by atoms with Gasteiger partial charge in [-0.3, -0.25) is 4.79 Å². The van der Waals surface area contributed by atoms with E-state index in [1.807, 2.05) is 17.0 Å². The molecule has 0 spiro atoms. The van der Waals surface area contributed by atoms with Gasteiger partial charge in [-0.1, -0.05) is 19.9 Å². The lowest BCUT2D eigenvalue weighted by Gasteiger charge is -2.30. The molecule has 0 saturated heterocycles. The zero-order valence-electron chi connectivity index (χ0n) is 18.3. The summed E-state index contributed by atoms with van der Waals surface area (Å²) in [5.41, 5.74) is 2.90. The highest BCUT2D eigenvalue weighted by molar-refractivity contribution is 8.01. The summed E-state index contributed by atoms with van der Waals surface area (Å²) in [4.78, 5) is 27.3. The van der Waals surface area contributed by atoms with Gasteiger partial charge in [-0.25, -0.2) is 9.18 Å². The number of nitrogens with one attached hydrogen (secondary N) is 1. The minimum absolute atomic E-state index is 0.0191. The summed E-state index contributed by atoms with van der Waals surface area (Å²) in [5, 5.41) is 12.3. The molecule has 0 aromatic heterocycles. The van der Waals surface area contributed by atoms with Gasteiger partial charge in [0.25, 0.3) is 0 Å². The van der Waals surface area contributed by atoms with Gasteiger partial charge in [-0.15, -0.1) is 11.8 Å². The summed E-state index contributed by atoms with van der Waals surface area (Å²) in [6, 6.07) is 11.6. The summed E-state index contributed by atoms with van der Waals surface area (Å²) in [7, 11) is 0. The third-order valence-electron chi connectivity index (χ3n) is 5.34. The van der Waals surface area contributed by atoms with E-state index in [2.05, 4.69) is 25.2 Å². The van der Waals surface area contributed by atoms with Crippen molar-refractivity contribution in [3.8, 4) is 0 Å². The largest absolute Gasteiger partial charge is 0.480 e. The van der Waals surface area contributed by atoms with Crippen molar-refractivity contribution in [1.82, 2.24) is 4.90 Å². The first kappa shape index (κ1) is 23.1. The van der Waals surface area contributed by atoms with Gasteiger partial charge in [0, 0.05) is 23.2 Å². The van der Waals surface area contributed by atoms with Crippen molar-refractivity contribution in [3.63, 3.8) is 0 Å². The van der Waals surface area contributed by atoms with Crippen molar-refractivity contribution >= 4 is 29.4 Å². The number of benzene rings is 2. The van der Waals surface area contributed by atoms with Gasteiger partial charge < -0.3 is 15.3 Å². The number of hydrogen-bond donors (Lipinski definition) is 2. The van der Waals surface area contributed by atoms with Crippen LogP contribution in [0.4, 0.5) is 14.9 Å². The maximum Gasteiger partial charge on any atom is 0.322 e. The molecular formula is C24H29FN2O3S. The molecule has 1 unspecified atom stereocenters. The van der Waals surface area contributed by atoms with E-state index in [-0.39, 0.29) is 17.9 Å². The van der Waals surface area contributed by atoms with Gasteiger partial charge in [-0.05, 0) is 80.1 Å². The molecule has 31 heavy (non-hydrogen) atoms. The molecule has 0 fully saturated rings. The van der Waals surface area contributed by atoms with Crippen LogP contribution in [0.2, 0.25) is 0 Å². The number of amides is 2. The van der Waals surface area contributed by atoms with Crippen LogP contribution in [0.5, 0.6) is 0 Å². The second-order valence-corrected chi connectivity index (χ2v) is 10.6. The Kier molecular flexibility index (Phi) is 6.94. The molecule has 0 radical (unpaired) electrons. The summed E-state index contributed by atoms with van der Waals surface area (Å²) >= 11 is 1.33. The Hall–Kier alpha value is -2.54. The highest BCUT2D eigenvalue weighted by Gasteiger charge is 2.32. The molecule has 0 aliphatic heterocycles. The van der Waals surface area contributed by atoms with E-state index in [0.717, 1.165) is 23.3 Å². The molecule has 2 aromatic rings. The zero-order valence-corrected chi connectivity index (χ0v) is 19.1. The predicted octanol–water partition coefficient (Wildman–Crippen LogP) is 5.44.